The summed E-state index contributed by atoms with van der Waals surface area (Å²) < 4.78 is 10.4. The molecule has 1 aromatic carbocycles. The van der Waals surface area contributed by atoms with E-state index in [2.05, 4.69) is 0 Å². The van der Waals surface area contributed by atoms with Crippen LogP contribution in [0.25, 0.3) is 0 Å². The molecule has 0 heterocycles. The Labute approximate surface area is 117 Å². The summed E-state index contributed by atoms with van der Waals surface area (Å²) in [5.74, 6) is -0.386. The molecule has 0 bridgehead atoms. The molecule has 0 aromatic heterocycles. The molecule has 0 spiro atoms. The lowest BCUT2D eigenvalue weighted by Gasteiger charge is -2.31. The Morgan fingerprint density at radius 2 is 1.90 bits per heavy atom. The lowest BCUT2D eigenvalue weighted by molar-refractivity contribution is -0.156. The van der Waals surface area contributed by atoms with E-state index < -0.39 is 17.4 Å². The third-order valence-electron chi connectivity index (χ3n) is 3.14. The van der Waals surface area contributed by atoms with Crippen LogP contribution in [0, 0.1) is 0 Å². The fraction of sp³-hybridized carbons (Fsp3) is 0.429. The Morgan fingerprint density at radius 3 is 2.45 bits per heavy atom. The topological polar surface area (TPSA) is 76.1 Å². The molecule has 20 heavy (non-hydrogen) atoms. The van der Waals surface area contributed by atoms with Crippen molar-refractivity contribution in [3.05, 3.63) is 24.3 Å². The van der Waals surface area contributed by atoms with E-state index in [9.17, 15) is 9.59 Å². The van der Waals surface area contributed by atoms with Crippen molar-refractivity contribution in [2.45, 2.75) is 19.4 Å². The van der Waals surface area contributed by atoms with Gasteiger partial charge in [-0.2, -0.15) is 0 Å². The second-order valence-electron chi connectivity index (χ2n) is 4.78. The first-order valence-electron chi connectivity index (χ1n) is 6.06. The molecule has 0 saturated heterocycles. The summed E-state index contributed by atoms with van der Waals surface area (Å²) in [7, 11) is 2.97. The molecule has 0 atom stereocenters. The van der Waals surface area contributed by atoms with Crippen LogP contribution in [0.2, 0.25) is 0 Å². The molecular weight excluding hydrogens is 262 g/mol. The number of methoxy groups -OCH3 is 1. The van der Waals surface area contributed by atoms with E-state index >= 15 is 0 Å². The zero-order valence-corrected chi connectivity index (χ0v) is 12.0. The van der Waals surface area contributed by atoms with Gasteiger partial charge < -0.3 is 19.5 Å². The first-order chi connectivity index (χ1) is 9.28. The van der Waals surface area contributed by atoms with Crippen LogP contribution in [0.1, 0.15) is 13.8 Å². The Hall–Kier alpha value is -2.24. The Morgan fingerprint density at radius 1 is 1.30 bits per heavy atom. The van der Waals surface area contributed by atoms with Gasteiger partial charge >= 0.3 is 5.97 Å². The van der Waals surface area contributed by atoms with Crippen molar-refractivity contribution >= 4 is 11.9 Å². The van der Waals surface area contributed by atoms with Crippen LogP contribution in [-0.4, -0.2) is 48.2 Å². The molecule has 0 aliphatic rings. The quantitative estimate of drug-likeness (QED) is 0.853. The van der Waals surface area contributed by atoms with E-state index in [0.717, 1.165) is 4.90 Å². The fourth-order valence-electron chi connectivity index (χ4n) is 1.39. The molecule has 6 heteroatoms. The lowest BCUT2D eigenvalue weighted by atomic mass is 10.0. The molecule has 0 aliphatic carbocycles. The summed E-state index contributed by atoms with van der Waals surface area (Å²) in [6.45, 7) is 2.68. The summed E-state index contributed by atoms with van der Waals surface area (Å²) in [6, 6.07) is 6.84. The largest absolute Gasteiger partial charge is 0.497 e. The lowest BCUT2D eigenvalue weighted by Crippen LogP contribution is -2.52. The zero-order chi connectivity index (χ0) is 15.3. The fourth-order valence-corrected chi connectivity index (χ4v) is 1.39. The van der Waals surface area contributed by atoms with Crippen molar-refractivity contribution in [2.24, 2.45) is 0 Å². The maximum Gasteiger partial charge on any atom is 0.329 e. The normalized spacial score (nSPS) is 10.8. The minimum absolute atomic E-state index is 0.236. The number of likely N-dealkylation sites (N-methyl/N-ethyl adjacent to an activating group) is 1. The van der Waals surface area contributed by atoms with Crippen LogP contribution in [0.3, 0.4) is 0 Å². The second-order valence-corrected chi connectivity index (χ2v) is 4.78. The number of carboxylic acids is 1. The third-order valence-corrected chi connectivity index (χ3v) is 3.14. The maximum absolute atomic E-state index is 11.9. The number of amides is 1. The van der Waals surface area contributed by atoms with Crippen molar-refractivity contribution in [1.82, 2.24) is 4.90 Å². The third kappa shape index (κ3) is 3.63. The molecule has 0 saturated carbocycles. The van der Waals surface area contributed by atoms with Gasteiger partial charge in [-0.25, -0.2) is 4.79 Å². The average molecular weight is 281 g/mol. The van der Waals surface area contributed by atoms with E-state index in [-0.39, 0.29) is 6.61 Å². The van der Waals surface area contributed by atoms with E-state index in [1.807, 2.05) is 0 Å². The van der Waals surface area contributed by atoms with Gasteiger partial charge in [-0.1, -0.05) is 6.07 Å². The van der Waals surface area contributed by atoms with Crippen molar-refractivity contribution in [3.8, 4) is 11.5 Å². The number of carboxylic acid groups (broad SMARTS) is 1. The Balaban J connectivity index is 2.65. The molecular formula is C14H19NO5. The van der Waals surface area contributed by atoms with Gasteiger partial charge in [0.25, 0.3) is 5.91 Å². The average Bonchev–Trinajstić information content (AvgIpc) is 2.43. The van der Waals surface area contributed by atoms with Gasteiger partial charge in [0.05, 0.1) is 7.11 Å². The molecule has 0 unspecified atom stereocenters. The van der Waals surface area contributed by atoms with Crippen LogP contribution in [0.4, 0.5) is 0 Å². The number of carbonyl (C=O) groups is 2. The number of carbonyl (C=O) groups excluding carboxylic acids is 1. The number of hydrogen-bond acceptors (Lipinski definition) is 4. The molecule has 1 N–H and O–H groups in total. The van der Waals surface area contributed by atoms with Crippen LogP contribution >= 0.6 is 0 Å². The van der Waals surface area contributed by atoms with Crippen LogP contribution < -0.4 is 9.47 Å². The smallest absolute Gasteiger partial charge is 0.329 e. The summed E-state index contributed by atoms with van der Waals surface area (Å²) in [6.07, 6.45) is 0. The number of aliphatic carboxylic acids is 1. The van der Waals surface area contributed by atoms with Crippen molar-refractivity contribution in [1.29, 1.82) is 0 Å². The molecule has 0 fully saturated rings. The van der Waals surface area contributed by atoms with E-state index in [1.54, 1.807) is 24.3 Å². The molecule has 1 aromatic rings. The van der Waals surface area contributed by atoms with Gasteiger partial charge in [0.15, 0.2) is 6.61 Å². The van der Waals surface area contributed by atoms with Crippen LogP contribution in [0.15, 0.2) is 24.3 Å². The minimum atomic E-state index is -1.28. The maximum atomic E-state index is 11.9. The molecule has 6 nitrogen and oxygen atoms in total. The minimum Gasteiger partial charge on any atom is -0.497 e. The monoisotopic (exact) mass is 281 g/mol. The summed E-state index contributed by atoms with van der Waals surface area (Å²) in [4.78, 5) is 24.2. The Kier molecular flexibility index (Phi) is 4.96. The van der Waals surface area contributed by atoms with E-state index in [4.69, 9.17) is 14.6 Å². The molecule has 0 radical (unpaired) electrons. The van der Waals surface area contributed by atoms with E-state index in [0.29, 0.717) is 11.5 Å². The molecule has 1 amide bonds. The van der Waals surface area contributed by atoms with Gasteiger partial charge in [0.1, 0.15) is 17.0 Å². The van der Waals surface area contributed by atoms with Crippen LogP contribution in [0.5, 0.6) is 11.5 Å². The summed E-state index contributed by atoms with van der Waals surface area (Å²) in [5, 5.41) is 9.06. The SMILES string of the molecule is COc1cccc(OCC(=O)N(C)C(C)(C)C(=O)O)c1. The summed E-state index contributed by atoms with van der Waals surface area (Å²) >= 11 is 0. The van der Waals surface area contributed by atoms with E-state index in [1.165, 1.54) is 28.0 Å². The highest BCUT2D eigenvalue weighted by molar-refractivity contribution is 5.86. The van der Waals surface area contributed by atoms with Gasteiger partial charge in [-0.3, -0.25) is 4.79 Å². The highest BCUT2D eigenvalue weighted by Crippen LogP contribution is 2.19. The first kappa shape index (κ1) is 15.8. The Bertz CT molecular complexity index is 498. The number of benzene rings is 1. The molecule has 0 aliphatic heterocycles. The van der Waals surface area contributed by atoms with Crippen molar-refractivity contribution < 1.29 is 24.2 Å². The van der Waals surface area contributed by atoms with Crippen molar-refractivity contribution in [2.75, 3.05) is 20.8 Å². The highest BCUT2D eigenvalue weighted by atomic mass is 16.5. The predicted octanol–water partition coefficient (Wildman–Crippen LogP) is 1.40. The van der Waals surface area contributed by atoms with Gasteiger partial charge in [0, 0.05) is 13.1 Å². The first-order valence-corrected chi connectivity index (χ1v) is 6.06. The summed E-state index contributed by atoms with van der Waals surface area (Å²) in [5.41, 5.74) is -1.28. The number of hydrogen-bond donors (Lipinski definition) is 1. The highest BCUT2D eigenvalue weighted by Gasteiger charge is 2.35. The van der Waals surface area contributed by atoms with Crippen molar-refractivity contribution in [3.63, 3.8) is 0 Å². The molecule has 1 rings (SSSR count). The standard InChI is InChI=1S/C14H19NO5/c1-14(2,13(17)18)15(3)12(16)9-20-11-7-5-6-10(8-11)19-4/h5-8H,9H2,1-4H3,(H,17,18). The van der Waals surface area contributed by atoms with Gasteiger partial charge in [0.2, 0.25) is 0 Å². The van der Waals surface area contributed by atoms with Gasteiger partial charge in [-0.05, 0) is 26.0 Å². The number of rotatable bonds is 6. The van der Waals surface area contributed by atoms with Crippen LogP contribution in [-0.2, 0) is 9.59 Å². The number of nitrogens with zero attached hydrogens (tertiary/aromatic N) is 1. The van der Waals surface area contributed by atoms with Gasteiger partial charge in [-0.15, -0.1) is 0 Å². The molecule has 110 valence electrons. The number of ether oxygens (including phenoxy) is 2. The zero-order valence-electron chi connectivity index (χ0n) is 12.0. The second kappa shape index (κ2) is 6.27. The predicted molar refractivity (Wildman–Crippen MR) is 73.0 cm³/mol.